The first-order valence-electron chi connectivity index (χ1n) is 10.1. The predicted octanol–water partition coefficient (Wildman–Crippen LogP) is 6.86. The molecule has 0 aliphatic heterocycles. The zero-order chi connectivity index (χ0) is 23.1. The van der Waals surface area contributed by atoms with E-state index in [2.05, 4.69) is 58.8 Å². The smallest absolute Gasteiger partial charge is 0.409 e. The lowest BCUT2D eigenvalue weighted by atomic mass is 9.83. The molecule has 0 saturated heterocycles. The van der Waals surface area contributed by atoms with Gasteiger partial charge >= 0.3 is 12.8 Å². The maximum atomic E-state index is 13.1. The van der Waals surface area contributed by atoms with E-state index in [1.165, 1.54) is 0 Å². The highest BCUT2D eigenvalue weighted by molar-refractivity contribution is 7.84. The van der Waals surface area contributed by atoms with E-state index in [9.17, 15) is 14.5 Å². The molecule has 2 atom stereocenters. The van der Waals surface area contributed by atoms with E-state index in [-0.39, 0.29) is 16.7 Å². The standard InChI is InChI=1S/C23H33ClNO4P/c1-14(2)20(21(26)27)25-30(24,28)29-19-13-17(23(6,7)8)11-15-9-10-16(12-18(15)19)22(3,4)5/h9-14,20H,1-8H3,(H,25,28)(H,26,27). The molecular formula is C23H33ClNO4P. The van der Waals surface area contributed by atoms with Crippen molar-refractivity contribution in [3.05, 3.63) is 41.5 Å². The van der Waals surface area contributed by atoms with Crippen molar-refractivity contribution < 1.29 is 19.0 Å². The molecule has 0 radical (unpaired) electrons. The number of aliphatic carboxylic acids is 1. The number of nitrogens with one attached hydrogen (secondary N) is 1. The Hall–Kier alpha value is -1.55. The molecular weight excluding hydrogens is 421 g/mol. The van der Waals surface area contributed by atoms with Crippen LogP contribution in [0.25, 0.3) is 10.8 Å². The normalized spacial score (nSPS) is 15.8. The zero-order valence-corrected chi connectivity index (χ0v) is 20.7. The molecule has 7 heteroatoms. The zero-order valence-electron chi connectivity index (χ0n) is 19.0. The van der Waals surface area contributed by atoms with Crippen LogP contribution >= 0.6 is 18.1 Å². The fraction of sp³-hybridized carbons (Fsp3) is 0.522. The highest BCUT2D eigenvalue weighted by atomic mass is 35.7. The van der Waals surface area contributed by atoms with Crippen LogP contribution in [0.15, 0.2) is 30.3 Å². The van der Waals surface area contributed by atoms with Crippen molar-refractivity contribution in [3.8, 4) is 5.75 Å². The van der Waals surface area contributed by atoms with Crippen molar-refractivity contribution in [2.24, 2.45) is 5.92 Å². The van der Waals surface area contributed by atoms with Gasteiger partial charge in [-0.1, -0.05) is 73.6 Å². The van der Waals surface area contributed by atoms with Gasteiger partial charge in [0.1, 0.15) is 11.8 Å². The van der Waals surface area contributed by atoms with Crippen LogP contribution < -0.4 is 9.61 Å². The Kier molecular flexibility index (Phi) is 7.03. The molecule has 0 fully saturated rings. The lowest BCUT2D eigenvalue weighted by Gasteiger charge is -2.25. The second kappa shape index (κ2) is 8.53. The molecule has 0 aliphatic carbocycles. The van der Waals surface area contributed by atoms with Gasteiger partial charge < -0.3 is 9.63 Å². The summed E-state index contributed by atoms with van der Waals surface area (Å²) in [5, 5.41) is 13.7. The molecule has 2 unspecified atom stereocenters. The van der Waals surface area contributed by atoms with E-state index in [4.69, 9.17) is 15.8 Å². The molecule has 2 aromatic rings. The van der Waals surface area contributed by atoms with Crippen LogP contribution in [0.3, 0.4) is 0 Å². The van der Waals surface area contributed by atoms with E-state index in [1.807, 2.05) is 18.2 Å². The summed E-state index contributed by atoms with van der Waals surface area (Å²) in [4.78, 5) is 11.5. The first kappa shape index (κ1) is 24.7. The van der Waals surface area contributed by atoms with Crippen LogP contribution in [0, 0.1) is 5.92 Å². The van der Waals surface area contributed by atoms with Crippen LogP contribution in [0.4, 0.5) is 0 Å². The molecule has 0 bridgehead atoms. The lowest BCUT2D eigenvalue weighted by molar-refractivity contribution is -0.140. The van der Waals surface area contributed by atoms with Crippen LogP contribution in [0.5, 0.6) is 5.75 Å². The Morgan fingerprint density at radius 2 is 1.60 bits per heavy atom. The Morgan fingerprint density at radius 1 is 1.03 bits per heavy atom. The first-order chi connectivity index (χ1) is 13.5. The maximum absolute atomic E-state index is 13.1. The third-order valence-corrected chi connectivity index (χ3v) is 6.61. The number of hydrogen-bond acceptors (Lipinski definition) is 3. The second-order valence-corrected chi connectivity index (χ2v) is 12.9. The molecule has 0 spiro atoms. The average molecular weight is 454 g/mol. The van der Waals surface area contributed by atoms with Crippen LogP contribution in [-0.4, -0.2) is 17.1 Å². The molecule has 166 valence electrons. The molecule has 2 rings (SSSR count). The molecule has 0 amide bonds. The van der Waals surface area contributed by atoms with Gasteiger partial charge in [0, 0.05) is 16.6 Å². The number of hydrogen-bond donors (Lipinski definition) is 2. The Morgan fingerprint density at radius 3 is 2.07 bits per heavy atom. The van der Waals surface area contributed by atoms with Gasteiger partial charge in [0.15, 0.2) is 0 Å². The SMILES string of the molecule is CC(C)C(NP(=O)(Cl)Oc1cc(C(C)(C)C)cc2ccc(C(C)(C)C)cc12)C(=O)O. The number of carbonyl (C=O) groups is 1. The van der Waals surface area contributed by atoms with Gasteiger partial charge in [0.2, 0.25) is 0 Å². The minimum Gasteiger partial charge on any atom is -0.480 e. The van der Waals surface area contributed by atoms with Crippen molar-refractivity contribution in [2.75, 3.05) is 0 Å². The Balaban J connectivity index is 2.61. The number of carboxylic acid groups (broad SMARTS) is 1. The summed E-state index contributed by atoms with van der Waals surface area (Å²) in [6.07, 6.45) is 0. The van der Waals surface area contributed by atoms with E-state index in [0.717, 1.165) is 21.9 Å². The summed E-state index contributed by atoms with van der Waals surface area (Å²) >= 11 is 6.21. The topological polar surface area (TPSA) is 75.6 Å². The molecule has 2 N–H and O–H groups in total. The third-order valence-electron chi connectivity index (χ3n) is 5.09. The van der Waals surface area contributed by atoms with E-state index >= 15 is 0 Å². The summed E-state index contributed by atoms with van der Waals surface area (Å²) < 4.78 is 18.9. The average Bonchev–Trinajstić information content (AvgIpc) is 2.56. The highest BCUT2D eigenvalue weighted by Crippen LogP contribution is 2.51. The number of rotatable bonds is 6. The fourth-order valence-electron chi connectivity index (χ4n) is 3.11. The number of halogens is 1. The van der Waals surface area contributed by atoms with E-state index in [0.29, 0.717) is 5.75 Å². The van der Waals surface area contributed by atoms with Gasteiger partial charge in [-0.25, -0.2) is 9.65 Å². The van der Waals surface area contributed by atoms with Crippen molar-refractivity contribution >= 4 is 34.9 Å². The van der Waals surface area contributed by atoms with Gasteiger partial charge in [0.05, 0.1) is 0 Å². The van der Waals surface area contributed by atoms with Gasteiger partial charge in [-0.05, 0) is 45.4 Å². The summed E-state index contributed by atoms with van der Waals surface area (Å²) in [6, 6.07) is 8.97. The van der Waals surface area contributed by atoms with E-state index < -0.39 is 18.9 Å². The number of carboxylic acids is 1. The van der Waals surface area contributed by atoms with Gasteiger partial charge in [-0.3, -0.25) is 4.79 Å². The largest absolute Gasteiger partial charge is 0.480 e. The summed E-state index contributed by atoms with van der Waals surface area (Å²) in [6.45, 7) is 12.1. The van der Waals surface area contributed by atoms with Crippen molar-refractivity contribution in [1.82, 2.24) is 5.09 Å². The molecule has 30 heavy (non-hydrogen) atoms. The summed E-state index contributed by atoms with van der Waals surface area (Å²) in [7, 11) is 0. The van der Waals surface area contributed by atoms with Crippen LogP contribution in [0.2, 0.25) is 0 Å². The molecule has 0 heterocycles. The van der Waals surface area contributed by atoms with Gasteiger partial charge in [-0.15, -0.1) is 0 Å². The van der Waals surface area contributed by atoms with Crippen LogP contribution in [0.1, 0.15) is 66.5 Å². The van der Waals surface area contributed by atoms with E-state index in [1.54, 1.807) is 13.8 Å². The van der Waals surface area contributed by atoms with Crippen molar-refractivity contribution in [3.63, 3.8) is 0 Å². The van der Waals surface area contributed by atoms with Gasteiger partial charge in [0.25, 0.3) is 0 Å². The quantitative estimate of drug-likeness (QED) is 0.467. The molecule has 0 aliphatic rings. The minimum atomic E-state index is -3.97. The Labute approximate surface area is 184 Å². The molecule has 5 nitrogen and oxygen atoms in total. The third kappa shape index (κ3) is 6.00. The van der Waals surface area contributed by atoms with Crippen molar-refractivity contribution in [1.29, 1.82) is 0 Å². The Bertz CT molecular complexity index is 989. The second-order valence-electron chi connectivity index (χ2n) is 10.2. The minimum absolute atomic E-state index is 0.0802. The fourth-order valence-corrected chi connectivity index (χ4v) is 4.84. The maximum Gasteiger partial charge on any atom is 0.409 e. The lowest BCUT2D eigenvalue weighted by Crippen LogP contribution is -2.38. The summed E-state index contributed by atoms with van der Waals surface area (Å²) in [5.74, 6) is -1.07. The van der Waals surface area contributed by atoms with Crippen LogP contribution in [-0.2, 0) is 20.2 Å². The number of fused-ring (bicyclic) bond motifs is 1. The van der Waals surface area contributed by atoms with Crippen molar-refractivity contribution in [2.45, 2.75) is 72.3 Å². The van der Waals surface area contributed by atoms with Gasteiger partial charge in [-0.2, -0.15) is 0 Å². The highest BCUT2D eigenvalue weighted by Gasteiger charge is 2.33. The predicted molar refractivity (Wildman–Crippen MR) is 125 cm³/mol. The molecule has 2 aromatic carbocycles. The first-order valence-corrected chi connectivity index (χ1v) is 12.6. The summed E-state index contributed by atoms with van der Waals surface area (Å²) in [5.41, 5.74) is 1.86. The number of benzene rings is 2. The molecule has 0 saturated carbocycles. The monoisotopic (exact) mass is 453 g/mol. The molecule has 0 aromatic heterocycles.